The van der Waals surface area contributed by atoms with Crippen molar-refractivity contribution >= 4 is 23.6 Å². The first kappa shape index (κ1) is 26.3. The summed E-state index contributed by atoms with van der Waals surface area (Å²) < 4.78 is 7.46. The van der Waals surface area contributed by atoms with Gasteiger partial charge in [-0.25, -0.2) is 9.48 Å². The molecule has 3 aromatic rings. The molecule has 2 aliphatic heterocycles. The normalized spacial score (nSPS) is 18.6. The number of halogens is 1. The maximum absolute atomic E-state index is 13.9. The van der Waals surface area contributed by atoms with Gasteiger partial charge in [-0.1, -0.05) is 41.9 Å². The van der Waals surface area contributed by atoms with Gasteiger partial charge < -0.3 is 14.5 Å². The van der Waals surface area contributed by atoms with Crippen molar-refractivity contribution in [3.63, 3.8) is 0 Å². The van der Waals surface area contributed by atoms with Crippen molar-refractivity contribution in [2.45, 2.75) is 57.5 Å². The molecule has 2 amide bonds. The van der Waals surface area contributed by atoms with E-state index >= 15 is 0 Å². The van der Waals surface area contributed by atoms with Gasteiger partial charge in [0.05, 0.1) is 23.1 Å². The van der Waals surface area contributed by atoms with Crippen LogP contribution in [0, 0.1) is 0 Å². The van der Waals surface area contributed by atoms with Gasteiger partial charge in [-0.3, -0.25) is 4.79 Å². The topological polar surface area (TPSA) is 67.7 Å². The van der Waals surface area contributed by atoms with Crippen molar-refractivity contribution in [2.24, 2.45) is 0 Å². The SMILES string of the molecule is CC(C)(C)OC(=O)N1CCC(c2c(C(=O)N3CCC(c4ccccc4)C3)cnn2-c2ccc(Cl)cc2)CC1. The fourth-order valence-electron chi connectivity index (χ4n) is 5.48. The first-order valence-electron chi connectivity index (χ1n) is 13.4. The molecule has 2 aliphatic rings. The number of piperidine rings is 1. The fraction of sp³-hybridized carbons (Fsp3) is 0.433. The number of ether oxygens (including phenoxy) is 1. The molecule has 2 saturated heterocycles. The van der Waals surface area contributed by atoms with E-state index in [4.69, 9.17) is 16.3 Å². The smallest absolute Gasteiger partial charge is 0.410 e. The Morgan fingerprint density at radius 1 is 0.895 bits per heavy atom. The second kappa shape index (κ2) is 10.8. The van der Waals surface area contributed by atoms with Crippen LogP contribution in [0.3, 0.4) is 0 Å². The highest BCUT2D eigenvalue weighted by molar-refractivity contribution is 6.30. The third-order valence-electron chi connectivity index (χ3n) is 7.39. The molecule has 0 radical (unpaired) electrons. The molecular formula is C30H35ClN4O3. The van der Waals surface area contributed by atoms with Crippen LogP contribution in [0.5, 0.6) is 0 Å². The first-order valence-corrected chi connectivity index (χ1v) is 13.7. The number of rotatable bonds is 4. The molecule has 200 valence electrons. The third-order valence-corrected chi connectivity index (χ3v) is 7.64. The van der Waals surface area contributed by atoms with E-state index in [1.54, 1.807) is 11.1 Å². The van der Waals surface area contributed by atoms with Gasteiger partial charge in [0.2, 0.25) is 0 Å². The van der Waals surface area contributed by atoms with Gasteiger partial charge in [-0.15, -0.1) is 0 Å². The van der Waals surface area contributed by atoms with Crippen molar-refractivity contribution in [1.82, 2.24) is 19.6 Å². The van der Waals surface area contributed by atoms with E-state index in [1.165, 1.54) is 5.56 Å². The predicted octanol–water partition coefficient (Wildman–Crippen LogP) is 6.27. The number of hydrogen-bond donors (Lipinski definition) is 0. The summed E-state index contributed by atoms with van der Waals surface area (Å²) in [4.78, 5) is 30.2. The summed E-state index contributed by atoms with van der Waals surface area (Å²) in [6.07, 6.45) is 3.83. The summed E-state index contributed by atoms with van der Waals surface area (Å²) in [5.74, 6) is 0.443. The average molecular weight is 535 g/mol. The number of carbonyl (C=O) groups is 2. The minimum Gasteiger partial charge on any atom is -0.444 e. The molecule has 0 spiro atoms. The Balaban J connectivity index is 1.39. The molecular weight excluding hydrogens is 500 g/mol. The number of amides is 2. The van der Waals surface area contributed by atoms with E-state index in [9.17, 15) is 9.59 Å². The molecule has 8 heteroatoms. The van der Waals surface area contributed by atoms with Gasteiger partial charge in [0.1, 0.15) is 5.60 Å². The average Bonchev–Trinajstić information content (AvgIpc) is 3.57. The lowest BCUT2D eigenvalue weighted by Crippen LogP contribution is -2.41. The van der Waals surface area contributed by atoms with Crippen LogP contribution in [0.15, 0.2) is 60.8 Å². The predicted molar refractivity (Wildman–Crippen MR) is 148 cm³/mol. The molecule has 2 fully saturated rings. The van der Waals surface area contributed by atoms with E-state index in [0.717, 1.165) is 37.2 Å². The van der Waals surface area contributed by atoms with Gasteiger partial charge in [-0.05, 0) is 69.9 Å². The molecule has 0 aliphatic carbocycles. The van der Waals surface area contributed by atoms with Crippen molar-refractivity contribution < 1.29 is 14.3 Å². The molecule has 0 saturated carbocycles. The number of carbonyl (C=O) groups excluding carboxylic acids is 2. The number of aromatic nitrogens is 2. The molecule has 0 bridgehead atoms. The molecule has 5 rings (SSSR count). The van der Waals surface area contributed by atoms with Crippen LogP contribution in [0.4, 0.5) is 4.79 Å². The van der Waals surface area contributed by atoms with Gasteiger partial charge in [0.25, 0.3) is 5.91 Å². The minimum absolute atomic E-state index is 0.0215. The second-order valence-corrected chi connectivity index (χ2v) is 11.7. The summed E-state index contributed by atoms with van der Waals surface area (Å²) in [6, 6.07) is 17.9. The summed E-state index contributed by atoms with van der Waals surface area (Å²) in [5, 5.41) is 5.33. The van der Waals surface area contributed by atoms with Gasteiger partial charge in [-0.2, -0.15) is 5.10 Å². The second-order valence-electron chi connectivity index (χ2n) is 11.2. The van der Waals surface area contributed by atoms with Crippen LogP contribution in [-0.2, 0) is 4.74 Å². The van der Waals surface area contributed by atoms with Crippen LogP contribution in [-0.4, -0.2) is 63.4 Å². The summed E-state index contributed by atoms with van der Waals surface area (Å²) >= 11 is 6.15. The molecule has 1 unspecified atom stereocenters. The van der Waals surface area contributed by atoms with Crippen molar-refractivity contribution in [2.75, 3.05) is 26.2 Å². The van der Waals surface area contributed by atoms with E-state index in [-0.39, 0.29) is 17.9 Å². The maximum atomic E-state index is 13.9. The maximum Gasteiger partial charge on any atom is 0.410 e. The fourth-order valence-corrected chi connectivity index (χ4v) is 5.60. The first-order chi connectivity index (χ1) is 18.2. The standard InChI is InChI=1S/C30H35ClN4O3/c1-30(2,3)38-29(37)33-16-13-22(14-17-33)27-26(19-32-35(27)25-11-9-24(31)10-12-25)28(36)34-18-15-23(20-34)21-7-5-4-6-8-21/h4-12,19,22-23H,13-18,20H2,1-3H3. The monoisotopic (exact) mass is 534 g/mol. The molecule has 2 aromatic carbocycles. The number of likely N-dealkylation sites (tertiary alicyclic amines) is 2. The van der Waals surface area contributed by atoms with Crippen LogP contribution in [0.1, 0.15) is 73.5 Å². The molecule has 0 N–H and O–H groups in total. The lowest BCUT2D eigenvalue weighted by atomic mass is 9.90. The Bertz CT molecular complexity index is 1280. The van der Waals surface area contributed by atoms with Crippen LogP contribution >= 0.6 is 11.6 Å². The van der Waals surface area contributed by atoms with E-state index in [2.05, 4.69) is 29.4 Å². The lowest BCUT2D eigenvalue weighted by molar-refractivity contribution is 0.0203. The zero-order chi connectivity index (χ0) is 26.9. The molecule has 7 nitrogen and oxygen atoms in total. The lowest BCUT2D eigenvalue weighted by Gasteiger charge is -2.34. The van der Waals surface area contributed by atoms with Crippen molar-refractivity contribution in [3.8, 4) is 5.69 Å². The summed E-state index contributed by atoms with van der Waals surface area (Å²) in [7, 11) is 0. The Hall–Kier alpha value is -3.32. The third kappa shape index (κ3) is 5.73. The summed E-state index contributed by atoms with van der Waals surface area (Å²) in [6.45, 7) is 8.19. The van der Waals surface area contributed by atoms with Gasteiger partial charge in [0, 0.05) is 43.0 Å². The van der Waals surface area contributed by atoms with Crippen LogP contribution in [0.25, 0.3) is 5.69 Å². The minimum atomic E-state index is -0.534. The zero-order valence-corrected chi connectivity index (χ0v) is 23.0. The Morgan fingerprint density at radius 3 is 2.18 bits per heavy atom. The molecule has 1 aromatic heterocycles. The number of benzene rings is 2. The molecule has 3 heterocycles. The van der Waals surface area contributed by atoms with Crippen LogP contribution in [0.2, 0.25) is 5.02 Å². The van der Waals surface area contributed by atoms with E-state index < -0.39 is 5.60 Å². The van der Waals surface area contributed by atoms with Crippen molar-refractivity contribution in [1.29, 1.82) is 0 Å². The molecule has 1 atom stereocenters. The van der Waals surface area contributed by atoms with Gasteiger partial charge >= 0.3 is 6.09 Å². The molecule has 38 heavy (non-hydrogen) atoms. The zero-order valence-electron chi connectivity index (χ0n) is 22.3. The Kier molecular flexibility index (Phi) is 7.48. The highest BCUT2D eigenvalue weighted by Crippen LogP contribution is 2.35. The summed E-state index contributed by atoms with van der Waals surface area (Å²) in [5.41, 5.74) is 3.15. The highest BCUT2D eigenvalue weighted by atomic mass is 35.5. The Morgan fingerprint density at radius 2 is 1.53 bits per heavy atom. The highest BCUT2D eigenvalue weighted by Gasteiger charge is 2.35. The largest absolute Gasteiger partial charge is 0.444 e. The van der Waals surface area contributed by atoms with E-state index in [1.807, 2.05) is 60.7 Å². The van der Waals surface area contributed by atoms with Crippen molar-refractivity contribution in [3.05, 3.63) is 82.6 Å². The number of nitrogens with zero attached hydrogens (tertiary/aromatic N) is 4. The van der Waals surface area contributed by atoms with Gasteiger partial charge in [0.15, 0.2) is 0 Å². The Labute approximate surface area is 229 Å². The number of hydrogen-bond acceptors (Lipinski definition) is 4. The van der Waals surface area contributed by atoms with E-state index in [0.29, 0.717) is 36.1 Å². The quantitative estimate of drug-likeness (QED) is 0.395. The van der Waals surface area contributed by atoms with Crippen LogP contribution < -0.4 is 0 Å².